The summed E-state index contributed by atoms with van der Waals surface area (Å²) in [5.41, 5.74) is 0.688. The number of nitrogens with zero attached hydrogens (tertiary/aromatic N) is 2. The number of anilines is 1. The topological polar surface area (TPSA) is 91.5 Å². The molecule has 2 aliphatic heterocycles. The Kier molecular flexibility index (Phi) is 5.04. The number of carbonyl (C=O) groups excluding carboxylic acids is 2. The molecule has 3 rings (SSSR count). The lowest BCUT2D eigenvalue weighted by Crippen LogP contribution is -2.27. The van der Waals surface area contributed by atoms with Crippen molar-refractivity contribution in [1.29, 1.82) is 5.26 Å². The van der Waals surface area contributed by atoms with Gasteiger partial charge in [0.05, 0.1) is 5.41 Å². The van der Waals surface area contributed by atoms with Crippen LogP contribution in [0.15, 0.2) is 35.3 Å². The van der Waals surface area contributed by atoms with Crippen molar-refractivity contribution < 1.29 is 14.3 Å². The van der Waals surface area contributed by atoms with E-state index in [2.05, 4.69) is 21.1 Å². The maximum Gasteiger partial charge on any atom is 0.293 e. The molecule has 0 bridgehead atoms. The number of fused-ring (bicyclic) bond motifs is 1. The van der Waals surface area contributed by atoms with Crippen molar-refractivity contribution in [3.63, 3.8) is 0 Å². The van der Waals surface area contributed by atoms with Gasteiger partial charge in [-0.2, -0.15) is 5.26 Å². The summed E-state index contributed by atoms with van der Waals surface area (Å²) in [6, 6.07) is 7.83. The molecule has 2 aliphatic rings. The number of benzene rings is 1. The largest absolute Gasteiger partial charge is 0.462 e. The van der Waals surface area contributed by atoms with E-state index in [-0.39, 0.29) is 11.5 Å². The van der Waals surface area contributed by atoms with Gasteiger partial charge in [-0.15, -0.1) is 0 Å². The maximum atomic E-state index is 11.9. The van der Waals surface area contributed by atoms with E-state index in [0.717, 1.165) is 16.8 Å². The minimum atomic E-state index is -0.948. The standard InChI is InChI=1S/C15H13N3O.C5H10O2/c1-14(2)11-8-10(4-5-12(11)18-13(14)19)15(9-16)6-3-7-17-15;1-5(2,3)7-4-6/h3-8H,1-2H3,(H,18,19);4H,1-3H3. The lowest BCUT2D eigenvalue weighted by molar-refractivity contribution is -0.138. The van der Waals surface area contributed by atoms with Crippen LogP contribution in [-0.4, -0.2) is 24.2 Å². The average molecular weight is 353 g/mol. The minimum absolute atomic E-state index is 0.0175. The van der Waals surface area contributed by atoms with Gasteiger partial charge in [0, 0.05) is 11.9 Å². The Morgan fingerprint density at radius 2 is 2.00 bits per heavy atom. The zero-order valence-corrected chi connectivity index (χ0v) is 15.7. The highest BCUT2D eigenvalue weighted by Gasteiger charge is 2.40. The third kappa shape index (κ3) is 3.67. The van der Waals surface area contributed by atoms with Gasteiger partial charge in [-0.3, -0.25) is 14.6 Å². The molecule has 1 aromatic rings. The molecule has 0 spiro atoms. The number of carbonyl (C=O) groups is 2. The molecule has 6 heteroatoms. The second-order valence-electron chi connectivity index (χ2n) is 7.68. The van der Waals surface area contributed by atoms with Crippen LogP contribution in [0, 0.1) is 11.3 Å². The molecule has 26 heavy (non-hydrogen) atoms. The first kappa shape index (κ1) is 19.4. The zero-order valence-electron chi connectivity index (χ0n) is 15.7. The van der Waals surface area contributed by atoms with Gasteiger partial charge in [0.25, 0.3) is 6.47 Å². The molecule has 0 saturated carbocycles. The van der Waals surface area contributed by atoms with Gasteiger partial charge in [-0.05, 0) is 70.0 Å². The van der Waals surface area contributed by atoms with Gasteiger partial charge in [0.15, 0.2) is 5.54 Å². The third-order valence-corrected chi connectivity index (χ3v) is 4.22. The normalized spacial score (nSPS) is 21.9. The predicted molar refractivity (Wildman–Crippen MR) is 99.9 cm³/mol. The van der Waals surface area contributed by atoms with Crippen molar-refractivity contribution in [2.75, 3.05) is 5.32 Å². The fourth-order valence-corrected chi connectivity index (χ4v) is 2.64. The van der Waals surface area contributed by atoms with Crippen LogP contribution >= 0.6 is 0 Å². The van der Waals surface area contributed by atoms with E-state index in [4.69, 9.17) is 0 Å². The average Bonchev–Trinajstić information content (AvgIpc) is 3.12. The van der Waals surface area contributed by atoms with Crippen LogP contribution in [0.4, 0.5) is 5.69 Å². The van der Waals surface area contributed by atoms with Crippen LogP contribution in [0.2, 0.25) is 0 Å². The molecule has 0 saturated heterocycles. The van der Waals surface area contributed by atoms with Crippen LogP contribution in [0.1, 0.15) is 45.7 Å². The van der Waals surface area contributed by atoms with E-state index in [1.54, 1.807) is 18.4 Å². The Bertz CT molecular complexity index is 812. The Morgan fingerprint density at radius 3 is 2.46 bits per heavy atom. The van der Waals surface area contributed by atoms with Crippen molar-refractivity contribution in [1.82, 2.24) is 0 Å². The van der Waals surface area contributed by atoms with E-state index in [1.807, 2.05) is 52.8 Å². The van der Waals surface area contributed by atoms with Crippen molar-refractivity contribution in [2.24, 2.45) is 4.99 Å². The van der Waals surface area contributed by atoms with Crippen LogP contribution in [0.5, 0.6) is 0 Å². The summed E-state index contributed by atoms with van der Waals surface area (Å²) in [4.78, 5) is 25.8. The van der Waals surface area contributed by atoms with Crippen LogP contribution < -0.4 is 5.32 Å². The fourth-order valence-electron chi connectivity index (χ4n) is 2.64. The summed E-state index contributed by atoms with van der Waals surface area (Å²) in [7, 11) is 0. The SMILES string of the molecule is CC(C)(C)OC=O.CC1(C)C(=O)Nc2ccc(C3(C#N)C=CC=N3)cc21. The van der Waals surface area contributed by atoms with Gasteiger partial charge in [0.2, 0.25) is 5.91 Å². The predicted octanol–water partition coefficient (Wildman–Crippen LogP) is 3.23. The van der Waals surface area contributed by atoms with E-state index in [0.29, 0.717) is 6.47 Å². The van der Waals surface area contributed by atoms with Gasteiger partial charge in [-0.25, -0.2) is 0 Å². The van der Waals surface area contributed by atoms with Crippen molar-refractivity contribution in [2.45, 2.75) is 51.2 Å². The molecule has 2 heterocycles. The lowest BCUT2D eigenvalue weighted by atomic mass is 9.82. The highest BCUT2D eigenvalue weighted by atomic mass is 16.5. The number of ether oxygens (including phenoxy) is 1. The van der Waals surface area contributed by atoms with Crippen molar-refractivity contribution in [3.05, 3.63) is 41.5 Å². The Hall–Kier alpha value is -2.94. The zero-order chi connectivity index (χ0) is 19.6. The Balaban J connectivity index is 0.000000298. The number of allylic oxidation sites excluding steroid dienone is 1. The maximum absolute atomic E-state index is 11.9. The summed E-state index contributed by atoms with van der Waals surface area (Å²) in [5.74, 6) is -0.0175. The first-order valence-corrected chi connectivity index (χ1v) is 8.28. The molecule has 0 aromatic heterocycles. The molecule has 1 amide bonds. The number of hydrogen-bond donors (Lipinski definition) is 1. The smallest absolute Gasteiger partial charge is 0.293 e. The van der Waals surface area contributed by atoms with Gasteiger partial charge < -0.3 is 10.1 Å². The first-order chi connectivity index (χ1) is 12.1. The van der Waals surface area contributed by atoms with Crippen molar-refractivity contribution in [3.8, 4) is 6.07 Å². The highest BCUT2D eigenvalue weighted by molar-refractivity contribution is 6.05. The summed E-state index contributed by atoms with van der Waals surface area (Å²) < 4.78 is 4.55. The second kappa shape index (κ2) is 6.75. The molecule has 136 valence electrons. The van der Waals surface area contributed by atoms with Crippen molar-refractivity contribution >= 4 is 24.3 Å². The third-order valence-electron chi connectivity index (χ3n) is 4.22. The molecule has 1 unspecified atom stereocenters. The summed E-state index contributed by atoms with van der Waals surface area (Å²) in [5, 5.41) is 12.3. The molecule has 0 fully saturated rings. The quantitative estimate of drug-likeness (QED) is 0.826. The number of amides is 1. The van der Waals surface area contributed by atoms with E-state index in [9.17, 15) is 14.9 Å². The molecular weight excluding hydrogens is 330 g/mol. The molecule has 1 aromatic carbocycles. The van der Waals surface area contributed by atoms with E-state index >= 15 is 0 Å². The molecular formula is C20H23N3O3. The van der Waals surface area contributed by atoms with Crippen LogP contribution in [0.25, 0.3) is 0 Å². The molecule has 6 nitrogen and oxygen atoms in total. The van der Waals surface area contributed by atoms with Gasteiger partial charge in [-0.1, -0.05) is 6.07 Å². The van der Waals surface area contributed by atoms with E-state index in [1.165, 1.54) is 0 Å². The molecule has 0 aliphatic carbocycles. The summed E-state index contributed by atoms with van der Waals surface area (Å²) in [6.07, 6.45) is 5.17. The second-order valence-corrected chi connectivity index (χ2v) is 7.68. The van der Waals surface area contributed by atoms with Crippen LogP contribution in [-0.2, 0) is 25.3 Å². The number of nitriles is 1. The molecule has 1 N–H and O–H groups in total. The summed E-state index contributed by atoms with van der Waals surface area (Å²) in [6.45, 7) is 9.68. The molecule has 0 radical (unpaired) electrons. The van der Waals surface area contributed by atoms with Gasteiger partial charge in [0.1, 0.15) is 11.7 Å². The number of nitrogens with one attached hydrogen (secondary N) is 1. The lowest BCUT2D eigenvalue weighted by Gasteiger charge is -2.20. The van der Waals surface area contributed by atoms with Gasteiger partial charge >= 0.3 is 0 Å². The van der Waals surface area contributed by atoms with E-state index < -0.39 is 11.0 Å². The monoisotopic (exact) mass is 353 g/mol. The van der Waals surface area contributed by atoms with Crippen LogP contribution in [0.3, 0.4) is 0 Å². The fraction of sp³-hybridized carbons (Fsp3) is 0.400. The number of hydrogen-bond acceptors (Lipinski definition) is 5. The Labute approximate surface area is 153 Å². The first-order valence-electron chi connectivity index (χ1n) is 8.28. The minimum Gasteiger partial charge on any atom is -0.462 e. The number of rotatable bonds is 2. The summed E-state index contributed by atoms with van der Waals surface area (Å²) >= 11 is 0. The number of aliphatic imine (C=N–C) groups is 1. The Morgan fingerprint density at radius 1 is 1.31 bits per heavy atom. The molecule has 1 atom stereocenters. The highest BCUT2D eigenvalue weighted by Crippen LogP contribution is 2.40.